The van der Waals surface area contributed by atoms with E-state index in [1.54, 1.807) is 24.3 Å². The lowest BCUT2D eigenvalue weighted by Crippen LogP contribution is -2.52. The Kier molecular flexibility index (Phi) is 4.14. The van der Waals surface area contributed by atoms with Crippen molar-refractivity contribution >= 4 is 23.5 Å². The predicted molar refractivity (Wildman–Crippen MR) is 95.6 cm³/mol. The van der Waals surface area contributed by atoms with Crippen LogP contribution < -0.4 is 25.0 Å². The molecule has 144 valence electrons. The topological polar surface area (TPSA) is 97.0 Å². The number of ether oxygens (including phenoxy) is 2. The molecule has 0 aliphatic carbocycles. The number of hydrogen-bond donors (Lipinski definition) is 2. The summed E-state index contributed by atoms with van der Waals surface area (Å²) in [6.07, 6.45) is 0. The van der Waals surface area contributed by atoms with Gasteiger partial charge in [-0.15, -0.1) is 0 Å². The molecule has 1 spiro atoms. The zero-order valence-corrected chi connectivity index (χ0v) is 14.8. The van der Waals surface area contributed by atoms with Crippen molar-refractivity contribution in [2.45, 2.75) is 5.54 Å². The van der Waals surface area contributed by atoms with E-state index in [4.69, 9.17) is 9.47 Å². The van der Waals surface area contributed by atoms with Crippen LogP contribution in [0.2, 0.25) is 0 Å². The Bertz CT molecular complexity index is 995. The number of amides is 4. The van der Waals surface area contributed by atoms with Crippen LogP contribution in [0.15, 0.2) is 42.5 Å². The van der Waals surface area contributed by atoms with Crippen molar-refractivity contribution in [3.8, 4) is 11.5 Å². The number of fused-ring (bicyclic) bond motifs is 2. The van der Waals surface area contributed by atoms with E-state index in [0.29, 0.717) is 17.2 Å². The van der Waals surface area contributed by atoms with Gasteiger partial charge in [-0.1, -0.05) is 12.1 Å². The first-order valence-corrected chi connectivity index (χ1v) is 8.49. The summed E-state index contributed by atoms with van der Waals surface area (Å²) < 4.78 is 24.7. The van der Waals surface area contributed by atoms with Gasteiger partial charge in [-0.25, -0.2) is 9.18 Å². The molecule has 0 aromatic heterocycles. The van der Waals surface area contributed by atoms with Crippen molar-refractivity contribution in [1.29, 1.82) is 0 Å². The summed E-state index contributed by atoms with van der Waals surface area (Å²) in [4.78, 5) is 38.5. The molecule has 2 aromatic rings. The Morgan fingerprint density at radius 1 is 1.11 bits per heavy atom. The van der Waals surface area contributed by atoms with Gasteiger partial charge in [0.05, 0.1) is 19.3 Å². The number of urea groups is 1. The van der Waals surface area contributed by atoms with Crippen molar-refractivity contribution in [3.63, 3.8) is 0 Å². The maximum absolute atomic E-state index is 13.8. The number of anilines is 1. The molecule has 2 aromatic carbocycles. The number of hydrogen-bond acceptors (Lipinski definition) is 5. The molecule has 4 amide bonds. The van der Waals surface area contributed by atoms with Gasteiger partial charge in [-0.2, -0.15) is 0 Å². The average molecular weight is 385 g/mol. The van der Waals surface area contributed by atoms with E-state index in [2.05, 4.69) is 10.6 Å². The van der Waals surface area contributed by atoms with Gasteiger partial charge >= 0.3 is 6.03 Å². The first-order valence-electron chi connectivity index (χ1n) is 8.49. The van der Waals surface area contributed by atoms with Crippen LogP contribution in [0, 0.1) is 5.82 Å². The number of nitrogens with one attached hydrogen (secondary N) is 2. The van der Waals surface area contributed by atoms with Crippen molar-refractivity contribution < 1.29 is 28.2 Å². The van der Waals surface area contributed by atoms with Crippen LogP contribution in [0.3, 0.4) is 0 Å². The molecule has 4 rings (SSSR count). The third kappa shape index (κ3) is 2.55. The highest BCUT2D eigenvalue weighted by molar-refractivity contribution is 6.27. The second kappa shape index (κ2) is 6.52. The summed E-state index contributed by atoms with van der Waals surface area (Å²) >= 11 is 0. The Balaban J connectivity index is 1.61. The Hall–Kier alpha value is -3.62. The minimum absolute atomic E-state index is 0.0837. The molecule has 8 nitrogen and oxygen atoms in total. The molecule has 2 N–H and O–H groups in total. The summed E-state index contributed by atoms with van der Waals surface area (Å²) in [6, 6.07) is 9.91. The third-order valence-electron chi connectivity index (χ3n) is 4.73. The molecule has 1 fully saturated rings. The Labute approximate surface area is 159 Å². The first kappa shape index (κ1) is 17.8. The van der Waals surface area contributed by atoms with Gasteiger partial charge in [0.1, 0.15) is 12.4 Å². The summed E-state index contributed by atoms with van der Waals surface area (Å²) in [7, 11) is 1.52. The SMILES string of the molecule is COc1ccccc1OCCN1C(=O)C2(NC(=O)NC2=O)c2cc(F)ccc21. The quantitative estimate of drug-likeness (QED) is 0.597. The molecule has 2 aliphatic rings. The highest BCUT2D eigenvalue weighted by atomic mass is 19.1. The van der Waals surface area contributed by atoms with Crippen molar-refractivity contribution in [2.75, 3.05) is 25.2 Å². The lowest BCUT2D eigenvalue weighted by atomic mass is 9.91. The maximum Gasteiger partial charge on any atom is 0.323 e. The van der Waals surface area contributed by atoms with Crippen LogP contribution in [0.1, 0.15) is 5.56 Å². The van der Waals surface area contributed by atoms with Gasteiger partial charge < -0.3 is 19.7 Å². The second-order valence-electron chi connectivity index (χ2n) is 6.28. The largest absolute Gasteiger partial charge is 0.493 e. The number of rotatable bonds is 5. The Morgan fingerprint density at radius 3 is 2.54 bits per heavy atom. The fraction of sp³-hybridized carbons (Fsp3) is 0.211. The van der Waals surface area contributed by atoms with E-state index >= 15 is 0 Å². The van der Waals surface area contributed by atoms with Gasteiger partial charge in [0, 0.05) is 5.56 Å². The van der Waals surface area contributed by atoms with E-state index in [1.807, 2.05) is 0 Å². The molecule has 9 heteroatoms. The maximum atomic E-state index is 13.8. The normalized spacial score (nSPS) is 20.2. The fourth-order valence-corrected chi connectivity index (χ4v) is 3.47. The summed E-state index contributed by atoms with van der Waals surface area (Å²) in [6.45, 7) is 0.176. The molecular formula is C19H16FN3O5. The number of benzene rings is 2. The number of carbonyl (C=O) groups excluding carboxylic acids is 3. The molecule has 0 saturated carbocycles. The number of halogens is 1. The predicted octanol–water partition coefficient (Wildman–Crippen LogP) is 1.29. The van der Waals surface area contributed by atoms with E-state index < -0.39 is 29.2 Å². The number of carbonyl (C=O) groups is 3. The van der Waals surface area contributed by atoms with Crippen molar-refractivity contribution in [3.05, 3.63) is 53.8 Å². The van der Waals surface area contributed by atoms with E-state index in [9.17, 15) is 18.8 Å². The number of para-hydroxylation sites is 2. The highest BCUT2D eigenvalue weighted by Crippen LogP contribution is 2.42. The third-order valence-corrected chi connectivity index (χ3v) is 4.73. The molecular weight excluding hydrogens is 369 g/mol. The molecule has 2 aliphatic heterocycles. The molecule has 2 heterocycles. The van der Waals surface area contributed by atoms with Crippen LogP contribution in [-0.4, -0.2) is 38.1 Å². The summed E-state index contributed by atoms with van der Waals surface area (Å²) in [5.41, 5.74) is -1.52. The molecule has 28 heavy (non-hydrogen) atoms. The molecule has 1 unspecified atom stereocenters. The summed E-state index contributed by atoms with van der Waals surface area (Å²) in [5.74, 6) is -1.08. The first-order chi connectivity index (χ1) is 13.5. The number of nitrogens with zero attached hydrogens (tertiary/aromatic N) is 1. The Morgan fingerprint density at radius 2 is 1.86 bits per heavy atom. The van der Waals surface area contributed by atoms with E-state index in [-0.39, 0.29) is 18.7 Å². The second-order valence-corrected chi connectivity index (χ2v) is 6.28. The number of methoxy groups -OCH3 is 1. The minimum Gasteiger partial charge on any atom is -0.493 e. The van der Waals surface area contributed by atoms with E-state index in [1.165, 1.54) is 24.1 Å². The molecule has 0 bridgehead atoms. The van der Waals surface area contributed by atoms with Crippen LogP contribution in [0.25, 0.3) is 0 Å². The van der Waals surface area contributed by atoms with Gasteiger partial charge in [0.25, 0.3) is 11.8 Å². The molecule has 1 atom stereocenters. The van der Waals surface area contributed by atoms with E-state index in [0.717, 1.165) is 6.07 Å². The van der Waals surface area contributed by atoms with Crippen LogP contribution in [-0.2, 0) is 15.1 Å². The fourth-order valence-electron chi connectivity index (χ4n) is 3.47. The molecule has 1 saturated heterocycles. The lowest BCUT2D eigenvalue weighted by Gasteiger charge is -2.21. The monoisotopic (exact) mass is 385 g/mol. The zero-order chi connectivity index (χ0) is 19.9. The van der Waals surface area contributed by atoms with Crippen molar-refractivity contribution in [2.24, 2.45) is 0 Å². The smallest absolute Gasteiger partial charge is 0.323 e. The highest BCUT2D eigenvalue weighted by Gasteiger charge is 2.61. The molecule has 0 radical (unpaired) electrons. The van der Waals surface area contributed by atoms with Crippen LogP contribution >= 0.6 is 0 Å². The number of imide groups is 1. The standard InChI is InChI=1S/C19H16FN3O5/c1-27-14-4-2-3-5-15(14)28-9-8-23-13-7-6-11(20)10-12(13)19(17(23)25)16(24)21-18(26)22-19/h2-7,10H,8-9H2,1H3,(H2,21,22,24,26). The van der Waals surface area contributed by atoms with Gasteiger partial charge in [0.2, 0.25) is 5.54 Å². The van der Waals surface area contributed by atoms with Gasteiger partial charge in [-0.3, -0.25) is 14.9 Å². The average Bonchev–Trinajstić information content (AvgIpc) is 3.11. The lowest BCUT2D eigenvalue weighted by molar-refractivity contribution is -0.134. The zero-order valence-electron chi connectivity index (χ0n) is 14.8. The van der Waals surface area contributed by atoms with Gasteiger partial charge in [0.15, 0.2) is 11.5 Å². The van der Waals surface area contributed by atoms with Crippen molar-refractivity contribution in [1.82, 2.24) is 10.6 Å². The summed E-state index contributed by atoms with van der Waals surface area (Å²) in [5, 5.41) is 4.40. The van der Waals surface area contributed by atoms with Crippen LogP contribution in [0.5, 0.6) is 11.5 Å². The van der Waals surface area contributed by atoms with Crippen LogP contribution in [0.4, 0.5) is 14.9 Å². The minimum atomic E-state index is -1.96. The van der Waals surface area contributed by atoms with Gasteiger partial charge in [-0.05, 0) is 30.3 Å².